The van der Waals surface area contributed by atoms with Crippen molar-refractivity contribution in [1.82, 2.24) is 9.13 Å². The van der Waals surface area contributed by atoms with Crippen molar-refractivity contribution >= 4 is 110 Å². The lowest BCUT2D eigenvalue weighted by molar-refractivity contribution is 1.18. The highest BCUT2D eigenvalue weighted by atomic mass is 79.9. The minimum atomic E-state index is 0. The van der Waals surface area contributed by atoms with Crippen LogP contribution in [0.1, 0.15) is 22.3 Å². The van der Waals surface area contributed by atoms with Crippen molar-refractivity contribution in [2.45, 2.75) is 22.3 Å². The molecule has 1 N–H and O–H groups in total. The third-order valence-corrected chi connectivity index (χ3v) is 17.6. The Morgan fingerprint density at radius 2 is 0.596 bits per heavy atom. The fourth-order valence-corrected chi connectivity index (χ4v) is 13.2. The van der Waals surface area contributed by atoms with E-state index in [0.29, 0.717) is 0 Å². The zero-order chi connectivity index (χ0) is 60.9. The van der Waals surface area contributed by atoms with Crippen LogP contribution in [0.25, 0.3) is 110 Å². The van der Waals surface area contributed by atoms with Gasteiger partial charge in [-0.05, 0) is 182 Å². The molecule has 0 spiro atoms. The number of aromatic nitrogens is 2. The Bertz CT molecular complexity index is 5340. The first-order valence-electron chi connectivity index (χ1n) is 30.8. The number of rotatable bonds is 10. The van der Waals surface area contributed by atoms with E-state index in [1.54, 1.807) is 0 Å². The number of fused-ring (bicyclic) bond motifs is 8. The first-order chi connectivity index (χ1) is 45.1. The van der Waals surface area contributed by atoms with Crippen LogP contribution in [0.4, 0.5) is 28.4 Å². The average Bonchev–Trinajstić information content (AvgIpc) is 1.59. The third-order valence-electron chi connectivity index (χ3n) is 17.1. The number of halogens is 1. The van der Waals surface area contributed by atoms with Crippen LogP contribution in [0.5, 0.6) is 0 Å². The first-order valence-corrected chi connectivity index (χ1v) is 31.6. The molecule has 0 amide bonds. The van der Waals surface area contributed by atoms with E-state index in [9.17, 15) is 0 Å². The second-order valence-electron chi connectivity index (χ2n) is 22.7. The minimum Gasteiger partial charge on any atom is -0.356 e. The first kappa shape index (κ1) is 62.7. The Kier molecular flexibility index (Phi) is 18.9. The number of nitrogens with one attached hydrogen (secondary N) is 1. The van der Waals surface area contributed by atoms with Crippen LogP contribution in [-0.2, 0) is 0 Å². The summed E-state index contributed by atoms with van der Waals surface area (Å²) in [6.45, 7) is 0. The maximum absolute atomic E-state index is 3.57. The van der Waals surface area contributed by atoms with Gasteiger partial charge in [0.15, 0.2) is 0 Å². The van der Waals surface area contributed by atoms with Crippen LogP contribution in [0.2, 0.25) is 0 Å². The van der Waals surface area contributed by atoms with Gasteiger partial charge in [0.1, 0.15) is 0 Å². The van der Waals surface area contributed by atoms with Gasteiger partial charge >= 0.3 is 0 Å². The lowest BCUT2D eigenvalue weighted by atomic mass is 9.98. The van der Waals surface area contributed by atoms with Gasteiger partial charge in [-0.15, -0.1) is 0 Å². The quantitative estimate of drug-likeness (QED) is 0.148. The summed E-state index contributed by atoms with van der Waals surface area (Å²) in [6, 6.07) is 129. The summed E-state index contributed by atoms with van der Waals surface area (Å²) in [7, 11) is 0. The molecule has 456 valence electrons. The van der Waals surface area contributed by atoms with Crippen LogP contribution in [0.3, 0.4) is 0 Å². The molecule has 15 aromatic carbocycles. The van der Waals surface area contributed by atoms with Crippen molar-refractivity contribution in [2.75, 3.05) is 10.2 Å². The molecular formula is C89H73BrN4. The number of para-hydroxylation sites is 6. The number of hydrogen-bond acceptors (Lipinski definition) is 2. The molecular weight excluding hydrogens is 1200 g/mol. The Hall–Kier alpha value is -11.5. The lowest BCUT2D eigenvalue weighted by Gasteiger charge is -2.26. The van der Waals surface area contributed by atoms with Gasteiger partial charge in [-0.25, -0.2) is 0 Å². The second-order valence-corrected chi connectivity index (χ2v) is 23.6. The molecule has 0 saturated heterocycles. The Balaban J connectivity index is 0.000000153. The molecule has 0 aliphatic carbocycles. The van der Waals surface area contributed by atoms with Gasteiger partial charge in [0.05, 0.1) is 22.1 Å². The molecule has 0 saturated carbocycles. The van der Waals surface area contributed by atoms with Gasteiger partial charge in [-0.1, -0.05) is 275 Å². The van der Waals surface area contributed by atoms with Crippen LogP contribution in [-0.4, -0.2) is 9.13 Å². The van der Waals surface area contributed by atoms with Gasteiger partial charge < -0.3 is 19.4 Å². The maximum atomic E-state index is 3.57. The van der Waals surface area contributed by atoms with Crippen molar-refractivity contribution in [2.24, 2.45) is 0 Å². The summed E-state index contributed by atoms with van der Waals surface area (Å²) < 4.78 is 5.79. The molecule has 0 fully saturated rings. The Morgan fingerprint density at radius 3 is 1.11 bits per heavy atom. The molecule has 2 heterocycles. The van der Waals surface area contributed by atoms with E-state index in [0.717, 1.165) is 32.9 Å². The number of benzene rings is 15. The summed E-state index contributed by atoms with van der Waals surface area (Å²) in [6.07, 6.45) is 0. The van der Waals surface area contributed by atoms with Gasteiger partial charge in [-0.2, -0.15) is 0 Å². The molecule has 94 heavy (non-hydrogen) atoms. The molecule has 0 radical (unpaired) electrons. The van der Waals surface area contributed by atoms with Crippen molar-refractivity contribution in [3.8, 4) is 44.8 Å². The van der Waals surface area contributed by atoms with Crippen LogP contribution >= 0.6 is 15.9 Å². The average molecular weight is 1280 g/mol. The van der Waals surface area contributed by atoms with Crippen molar-refractivity contribution < 1.29 is 0 Å². The van der Waals surface area contributed by atoms with E-state index in [1.165, 1.54) is 110 Å². The minimum absolute atomic E-state index is 0. The predicted molar refractivity (Wildman–Crippen MR) is 412 cm³/mol. The van der Waals surface area contributed by atoms with Gasteiger partial charge in [0.2, 0.25) is 0 Å². The number of hydrogen-bond donors (Lipinski definition) is 1. The largest absolute Gasteiger partial charge is 0.356 e. The summed E-state index contributed by atoms with van der Waals surface area (Å²) in [5, 5.41) is 13.6. The predicted octanol–water partition coefficient (Wildman–Crippen LogP) is 26.4. The van der Waals surface area contributed by atoms with E-state index in [1.807, 2.05) is 24.3 Å². The normalized spacial score (nSPS) is 10.8. The second kappa shape index (κ2) is 28.3. The lowest BCUT2D eigenvalue weighted by Crippen LogP contribution is -2.09. The monoisotopic (exact) mass is 1280 g/mol. The van der Waals surface area contributed by atoms with Gasteiger partial charge in [0.25, 0.3) is 0 Å². The van der Waals surface area contributed by atoms with Gasteiger partial charge in [-0.3, -0.25) is 0 Å². The van der Waals surface area contributed by atoms with Crippen LogP contribution in [0.15, 0.2) is 368 Å². The Morgan fingerprint density at radius 1 is 0.245 bits per heavy atom. The van der Waals surface area contributed by atoms with Gasteiger partial charge in [0, 0.05) is 65.8 Å². The zero-order valence-corrected chi connectivity index (χ0v) is 51.4. The third kappa shape index (κ3) is 12.7. The molecule has 0 unspecified atom stereocenters. The highest BCUT2D eigenvalue weighted by Gasteiger charge is 2.17. The standard InChI is InChI=1S/C46H32N2.C22H17N.C18H12BrN.3CH4/c1-3-14-37(15-4-1)47(40-29-24-35(25-30-40)42-20-11-13-34-12-7-8-18-41(34)42)39-27-22-33(23-28-39)36-26-31-46-44(32-36)43-19-9-10-21-45(43)48(46)38-16-5-2-6-17-38;1-2-9-19(10-3-1)23-20-15-13-18(14-16-20)22-12-6-8-17-7-4-5-11-21(17)22;19-13-10-11-18-16(12-13)15-8-4-5-9-17(15)20(18)14-6-2-1-3-7-14;;;/h1-32H;1-16,23H;1-12H;3*1H4. The smallest absolute Gasteiger partial charge is 0.0541 e. The Labute approximate surface area is 560 Å². The fourth-order valence-electron chi connectivity index (χ4n) is 12.8. The molecule has 0 aliphatic heterocycles. The number of anilines is 5. The van der Waals surface area contributed by atoms with Crippen molar-refractivity contribution in [3.63, 3.8) is 0 Å². The SMILES string of the molecule is Brc1ccc2c(c1)c1ccccc1n2-c1ccccc1.C.C.C.c1ccc(N(c2ccc(-c3ccc4c(c3)c3ccccc3n4-c3ccccc3)cc2)c2ccc(-c3cccc4ccccc34)cc2)cc1.c1ccc(Nc2ccc(-c3cccc4ccccc34)cc2)cc1. The molecule has 0 aliphatic rings. The van der Waals surface area contributed by atoms with Crippen molar-refractivity contribution in [3.05, 3.63) is 368 Å². The molecule has 0 bridgehead atoms. The molecule has 17 aromatic rings. The van der Waals surface area contributed by atoms with Crippen LogP contribution < -0.4 is 10.2 Å². The summed E-state index contributed by atoms with van der Waals surface area (Å²) in [5.41, 5.74) is 20.2. The van der Waals surface area contributed by atoms with E-state index in [-0.39, 0.29) is 22.3 Å². The van der Waals surface area contributed by atoms with Crippen molar-refractivity contribution in [1.29, 1.82) is 0 Å². The summed E-state index contributed by atoms with van der Waals surface area (Å²) >= 11 is 3.57. The maximum Gasteiger partial charge on any atom is 0.0541 e. The highest BCUT2D eigenvalue weighted by Crippen LogP contribution is 2.40. The van der Waals surface area contributed by atoms with E-state index >= 15 is 0 Å². The van der Waals surface area contributed by atoms with E-state index in [2.05, 4.69) is 375 Å². The molecule has 2 aromatic heterocycles. The van der Waals surface area contributed by atoms with Crippen LogP contribution in [0, 0.1) is 0 Å². The molecule has 17 rings (SSSR count). The fraction of sp³-hybridized carbons (Fsp3) is 0.0337. The molecule has 4 nitrogen and oxygen atoms in total. The zero-order valence-electron chi connectivity index (χ0n) is 49.9. The summed E-state index contributed by atoms with van der Waals surface area (Å²) in [5.74, 6) is 0. The number of nitrogens with zero attached hydrogens (tertiary/aromatic N) is 3. The van der Waals surface area contributed by atoms with E-state index < -0.39 is 0 Å². The molecule has 0 atom stereocenters. The molecule has 5 heteroatoms. The highest BCUT2D eigenvalue weighted by molar-refractivity contribution is 9.10. The summed E-state index contributed by atoms with van der Waals surface area (Å²) in [4.78, 5) is 2.33. The van der Waals surface area contributed by atoms with E-state index in [4.69, 9.17) is 0 Å². The topological polar surface area (TPSA) is 25.1 Å².